The predicted molar refractivity (Wildman–Crippen MR) is 83.0 cm³/mol. The molecule has 132 valence electrons. The molecule has 25 heavy (non-hydrogen) atoms. The number of oxime groups is 1. The van der Waals surface area contributed by atoms with Crippen LogP contribution in [0.4, 0.5) is 0 Å². The van der Waals surface area contributed by atoms with Crippen LogP contribution in [0.25, 0.3) is 0 Å². The topological polar surface area (TPSA) is 152 Å². The highest BCUT2D eigenvalue weighted by Crippen LogP contribution is 2.39. The van der Waals surface area contributed by atoms with Crippen molar-refractivity contribution in [3.05, 3.63) is 17.6 Å². The van der Waals surface area contributed by atoms with Crippen molar-refractivity contribution in [1.29, 1.82) is 0 Å². The molecule has 1 saturated heterocycles. The summed E-state index contributed by atoms with van der Waals surface area (Å²) in [7, 11) is 1.33. The maximum Gasteiger partial charge on any atom is 0.353 e. The number of hydrogen-bond donors (Lipinski definition) is 2. The summed E-state index contributed by atoms with van der Waals surface area (Å²) in [6.07, 6.45) is 2.54. The van der Waals surface area contributed by atoms with Crippen LogP contribution in [0.3, 0.4) is 0 Å². The summed E-state index contributed by atoms with van der Waals surface area (Å²) in [5.41, 5.74) is 0.211. The number of carboxylic acids is 1. The zero-order valence-corrected chi connectivity index (χ0v) is 13.7. The SMILES string of the molecule is CO/N=C/C1=C(C(=O)O)N2C(=O)[C@@H](NC(=O)Cn3cnnn3)[C@H]2SC1. The number of aromatic nitrogens is 4. The minimum absolute atomic E-state index is 0.137. The Morgan fingerprint density at radius 1 is 1.60 bits per heavy atom. The lowest BCUT2D eigenvalue weighted by Crippen LogP contribution is -2.70. The Morgan fingerprint density at radius 2 is 2.40 bits per heavy atom. The number of fused-ring (bicyclic) bond motifs is 1. The third-order valence-electron chi connectivity index (χ3n) is 3.53. The number of nitrogens with one attached hydrogen (secondary N) is 1. The molecule has 1 fully saturated rings. The molecule has 0 aromatic carbocycles. The minimum atomic E-state index is -1.24. The van der Waals surface area contributed by atoms with Crippen LogP contribution >= 0.6 is 11.8 Å². The molecule has 0 bridgehead atoms. The number of carbonyl (C=O) groups excluding carboxylic acids is 2. The highest BCUT2D eigenvalue weighted by molar-refractivity contribution is 8.00. The fourth-order valence-corrected chi connectivity index (χ4v) is 3.77. The van der Waals surface area contributed by atoms with Crippen molar-refractivity contribution in [3.63, 3.8) is 0 Å². The maximum absolute atomic E-state index is 12.3. The Labute approximate surface area is 144 Å². The monoisotopic (exact) mass is 367 g/mol. The molecule has 1 aromatic rings. The van der Waals surface area contributed by atoms with Crippen molar-refractivity contribution in [3.8, 4) is 0 Å². The Morgan fingerprint density at radius 3 is 3.04 bits per heavy atom. The normalized spacial score (nSPS) is 22.6. The molecular weight excluding hydrogens is 354 g/mol. The second-order valence-electron chi connectivity index (χ2n) is 5.06. The molecule has 12 nitrogen and oxygen atoms in total. The zero-order chi connectivity index (χ0) is 18.0. The molecular formula is C12H13N7O5S. The van der Waals surface area contributed by atoms with Crippen molar-refractivity contribution in [1.82, 2.24) is 30.4 Å². The third kappa shape index (κ3) is 3.17. The van der Waals surface area contributed by atoms with E-state index < -0.39 is 29.2 Å². The molecule has 0 spiro atoms. The van der Waals surface area contributed by atoms with Crippen LogP contribution in [0.15, 0.2) is 22.8 Å². The first-order valence-electron chi connectivity index (χ1n) is 7.00. The minimum Gasteiger partial charge on any atom is -0.477 e. The van der Waals surface area contributed by atoms with Gasteiger partial charge in [0.2, 0.25) is 5.91 Å². The van der Waals surface area contributed by atoms with Crippen molar-refractivity contribution < 1.29 is 24.3 Å². The van der Waals surface area contributed by atoms with E-state index in [1.807, 2.05) is 0 Å². The predicted octanol–water partition coefficient (Wildman–Crippen LogP) is -1.96. The van der Waals surface area contributed by atoms with Gasteiger partial charge in [-0.1, -0.05) is 5.16 Å². The standard InChI is InChI=1S/C12H13N7O5S/c1-24-14-2-6-4-25-11-8(10(21)19(11)9(6)12(22)23)15-7(20)3-18-5-13-16-17-18/h2,5,8,11H,3-4H2,1H3,(H,15,20)(H,22,23)/b14-2+/t8-,11-/m1/s1. The van der Waals surface area contributed by atoms with Gasteiger partial charge in [0.05, 0.1) is 6.21 Å². The Bertz CT molecular complexity index is 762. The van der Waals surface area contributed by atoms with E-state index >= 15 is 0 Å². The molecule has 2 amide bonds. The van der Waals surface area contributed by atoms with Gasteiger partial charge in [0.25, 0.3) is 5.91 Å². The van der Waals surface area contributed by atoms with Crippen LogP contribution in [0.2, 0.25) is 0 Å². The number of rotatable bonds is 6. The summed E-state index contributed by atoms with van der Waals surface area (Å²) in [5, 5.41) is 25.4. The molecule has 0 radical (unpaired) electrons. The maximum atomic E-state index is 12.3. The number of carboxylic acid groups (broad SMARTS) is 1. The van der Waals surface area contributed by atoms with Gasteiger partial charge in [-0.25, -0.2) is 9.48 Å². The summed E-state index contributed by atoms with van der Waals surface area (Å²) in [5.74, 6) is -1.86. The van der Waals surface area contributed by atoms with E-state index in [1.54, 1.807) is 0 Å². The average molecular weight is 367 g/mol. The molecule has 1 aromatic heterocycles. The van der Waals surface area contributed by atoms with E-state index in [0.717, 1.165) is 4.90 Å². The van der Waals surface area contributed by atoms with Crippen molar-refractivity contribution in [2.45, 2.75) is 18.0 Å². The van der Waals surface area contributed by atoms with E-state index in [1.165, 1.54) is 36.1 Å². The van der Waals surface area contributed by atoms with Gasteiger partial charge < -0.3 is 15.3 Å². The summed E-state index contributed by atoms with van der Waals surface area (Å²) in [4.78, 5) is 41.6. The molecule has 2 atom stereocenters. The first kappa shape index (κ1) is 16.9. The molecule has 3 heterocycles. The van der Waals surface area contributed by atoms with E-state index in [-0.39, 0.29) is 12.2 Å². The highest BCUT2D eigenvalue weighted by Gasteiger charge is 2.54. The van der Waals surface area contributed by atoms with Crippen LogP contribution in [-0.4, -0.2) is 78.5 Å². The van der Waals surface area contributed by atoms with Gasteiger partial charge in [0.1, 0.15) is 37.1 Å². The lowest BCUT2D eigenvalue weighted by molar-refractivity contribution is -0.150. The van der Waals surface area contributed by atoms with Crippen LogP contribution in [-0.2, 0) is 25.8 Å². The first-order valence-corrected chi connectivity index (χ1v) is 8.05. The smallest absolute Gasteiger partial charge is 0.353 e. The van der Waals surface area contributed by atoms with Crippen molar-refractivity contribution >= 4 is 35.8 Å². The van der Waals surface area contributed by atoms with Gasteiger partial charge in [-0.3, -0.25) is 14.5 Å². The number of carbonyl (C=O) groups is 3. The molecule has 0 aliphatic carbocycles. The number of aliphatic carboxylic acids is 1. The van der Waals surface area contributed by atoms with Crippen LogP contribution in [0, 0.1) is 0 Å². The average Bonchev–Trinajstić information content (AvgIpc) is 3.09. The van der Waals surface area contributed by atoms with E-state index in [2.05, 4.69) is 30.8 Å². The zero-order valence-electron chi connectivity index (χ0n) is 12.9. The number of thioether (sulfide) groups is 1. The van der Waals surface area contributed by atoms with E-state index in [0.29, 0.717) is 11.3 Å². The lowest BCUT2D eigenvalue weighted by Gasteiger charge is -2.49. The summed E-state index contributed by atoms with van der Waals surface area (Å²) < 4.78 is 1.21. The number of hydrogen-bond acceptors (Lipinski definition) is 9. The molecule has 2 N–H and O–H groups in total. The van der Waals surface area contributed by atoms with Crippen molar-refractivity contribution in [2.24, 2.45) is 5.16 Å². The largest absolute Gasteiger partial charge is 0.477 e. The molecule has 0 saturated carbocycles. The van der Waals surface area contributed by atoms with Gasteiger partial charge >= 0.3 is 5.97 Å². The summed E-state index contributed by atoms with van der Waals surface area (Å²) in [6, 6.07) is -0.802. The van der Waals surface area contributed by atoms with Crippen LogP contribution < -0.4 is 5.32 Å². The van der Waals surface area contributed by atoms with E-state index in [4.69, 9.17) is 0 Å². The third-order valence-corrected chi connectivity index (χ3v) is 4.83. The fourth-order valence-electron chi connectivity index (χ4n) is 2.48. The summed E-state index contributed by atoms with van der Waals surface area (Å²) in [6.45, 7) is -0.137. The Balaban J connectivity index is 1.72. The molecule has 2 aliphatic heterocycles. The van der Waals surface area contributed by atoms with Crippen LogP contribution in [0.1, 0.15) is 0 Å². The highest BCUT2D eigenvalue weighted by atomic mass is 32.2. The van der Waals surface area contributed by atoms with Gasteiger partial charge in [-0.15, -0.1) is 16.9 Å². The second kappa shape index (κ2) is 6.88. The number of tetrazole rings is 1. The van der Waals surface area contributed by atoms with Gasteiger partial charge in [0, 0.05) is 11.3 Å². The Hall–Kier alpha value is -2.96. The first-order chi connectivity index (χ1) is 12.0. The van der Waals surface area contributed by atoms with Gasteiger partial charge in [-0.2, -0.15) is 0 Å². The molecule has 3 rings (SSSR count). The summed E-state index contributed by atoms with van der Waals surface area (Å²) >= 11 is 1.33. The molecule has 13 heteroatoms. The number of β-lactam (4-membered cyclic amide) rings is 1. The quantitative estimate of drug-likeness (QED) is 0.332. The number of amides is 2. The molecule has 2 aliphatic rings. The fraction of sp³-hybridized carbons (Fsp3) is 0.417. The van der Waals surface area contributed by atoms with E-state index in [9.17, 15) is 19.5 Å². The van der Waals surface area contributed by atoms with Gasteiger partial charge in [-0.05, 0) is 10.4 Å². The Kier molecular flexibility index (Phi) is 4.65. The number of nitrogens with zero attached hydrogens (tertiary/aromatic N) is 6. The van der Waals surface area contributed by atoms with Gasteiger partial charge in [0.15, 0.2) is 0 Å². The van der Waals surface area contributed by atoms with Crippen LogP contribution in [0.5, 0.6) is 0 Å². The second-order valence-corrected chi connectivity index (χ2v) is 6.16. The lowest BCUT2D eigenvalue weighted by atomic mass is 10.0. The molecule has 0 unspecified atom stereocenters. The van der Waals surface area contributed by atoms with Crippen molar-refractivity contribution in [2.75, 3.05) is 12.9 Å².